The zero-order chi connectivity index (χ0) is 47.4. The number of fused-ring (bicyclic) bond motifs is 4. The summed E-state index contributed by atoms with van der Waals surface area (Å²) in [5.41, 5.74) is 4.06. The van der Waals surface area contributed by atoms with Crippen molar-refractivity contribution in [2.24, 2.45) is 56.7 Å². The fraction of sp³-hybridized carbons (Fsp3) is 0.607. The fourth-order valence-electron chi connectivity index (χ4n) is 15.2. The van der Waals surface area contributed by atoms with Crippen molar-refractivity contribution in [3.63, 3.8) is 0 Å². The van der Waals surface area contributed by atoms with Gasteiger partial charge in [0, 0.05) is 12.0 Å². The molecule has 9 atom stereocenters. The van der Waals surface area contributed by atoms with Crippen molar-refractivity contribution >= 4 is 11.9 Å². The summed E-state index contributed by atoms with van der Waals surface area (Å²) in [6, 6.07) is 32.7. The number of allylic oxidation sites excluding steroid dienone is 1. The van der Waals surface area contributed by atoms with Gasteiger partial charge in [0.05, 0.1) is 12.8 Å². The third-order valence-electron chi connectivity index (χ3n) is 18.6. The molecule has 0 N–H and O–H groups in total. The molecule has 7 rings (SSSR count). The van der Waals surface area contributed by atoms with Gasteiger partial charge in [-0.3, -0.25) is 9.59 Å². The van der Waals surface area contributed by atoms with E-state index in [1.165, 1.54) is 80.1 Å². The van der Waals surface area contributed by atoms with Crippen LogP contribution >= 0.6 is 0 Å². The zero-order valence-corrected chi connectivity index (χ0v) is 42.2. The maximum atomic E-state index is 13.7. The van der Waals surface area contributed by atoms with E-state index in [1.807, 2.05) is 13.8 Å². The predicted molar refractivity (Wildman–Crippen MR) is 270 cm³/mol. The van der Waals surface area contributed by atoms with Gasteiger partial charge in [-0.25, -0.2) is 0 Å². The molecule has 358 valence electrons. The van der Waals surface area contributed by atoms with Gasteiger partial charge >= 0.3 is 11.9 Å². The molecule has 5 nitrogen and oxygen atoms in total. The Bertz CT molecular complexity index is 2010. The lowest BCUT2D eigenvalue weighted by Crippen LogP contribution is -2.55. The van der Waals surface area contributed by atoms with Crippen LogP contribution in [0.1, 0.15) is 168 Å². The summed E-state index contributed by atoms with van der Waals surface area (Å²) in [6.07, 6.45) is 17.1. The first kappa shape index (κ1) is 49.9. The Morgan fingerprint density at radius 1 is 0.742 bits per heavy atom. The van der Waals surface area contributed by atoms with Gasteiger partial charge in [0.15, 0.2) is 0 Å². The van der Waals surface area contributed by atoms with Gasteiger partial charge in [0.2, 0.25) is 0 Å². The molecule has 66 heavy (non-hydrogen) atoms. The van der Waals surface area contributed by atoms with Crippen LogP contribution in [-0.2, 0) is 29.4 Å². The van der Waals surface area contributed by atoms with Crippen molar-refractivity contribution in [2.75, 3.05) is 13.2 Å². The molecule has 0 saturated heterocycles. The molecule has 4 fully saturated rings. The normalized spacial score (nSPS) is 31.0. The summed E-state index contributed by atoms with van der Waals surface area (Å²) in [5.74, 6) is 2.29. The molecule has 3 aromatic carbocycles. The smallest absolute Gasteiger partial charge is 0.306 e. The minimum absolute atomic E-state index is 0.146. The van der Waals surface area contributed by atoms with Crippen LogP contribution in [0.3, 0.4) is 0 Å². The van der Waals surface area contributed by atoms with Crippen molar-refractivity contribution in [2.45, 2.75) is 163 Å². The zero-order valence-electron chi connectivity index (χ0n) is 42.2. The van der Waals surface area contributed by atoms with Crippen molar-refractivity contribution in [3.05, 3.63) is 132 Å². The van der Waals surface area contributed by atoms with Gasteiger partial charge < -0.3 is 14.2 Å². The van der Waals surface area contributed by atoms with Gasteiger partial charge in [-0.1, -0.05) is 177 Å². The Morgan fingerprint density at radius 3 is 1.89 bits per heavy atom. The van der Waals surface area contributed by atoms with Crippen LogP contribution in [-0.4, -0.2) is 31.3 Å². The quantitative estimate of drug-likeness (QED) is 0.0814. The Kier molecular flexibility index (Phi) is 15.4. The Hall–Kier alpha value is -3.96. The second kappa shape index (κ2) is 20.3. The van der Waals surface area contributed by atoms with Crippen LogP contribution < -0.4 is 0 Å². The van der Waals surface area contributed by atoms with Crippen LogP contribution in [0.25, 0.3) is 0 Å². The molecule has 4 aliphatic carbocycles. The monoisotopic (exact) mass is 897 g/mol. The minimum Gasteiger partial charge on any atom is -0.462 e. The first-order valence-corrected chi connectivity index (χ1v) is 25.9. The Morgan fingerprint density at radius 2 is 1.33 bits per heavy atom. The van der Waals surface area contributed by atoms with E-state index in [0.29, 0.717) is 36.2 Å². The molecule has 0 aliphatic heterocycles. The number of carbonyl (C=O) groups is 2. The first-order chi connectivity index (χ1) is 31.4. The molecule has 0 aromatic heterocycles. The van der Waals surface area contributed by atoms with Crippen molar-refractivity contribution in [1.82, 2.24) is 0 Å². The van der Waals surface area contributed by atoms with E-state index >= 15 is 0 Å². The highest BCUT2D eigenvalue weighted by Crippen LogP contribution is 2.68. The summed E-state index contributed by atoms with van der Waals surface area (Å²) in [7, 11) is 0. The van der Waals surface area contributed by atoms with Crippen molar-refractivity contribution in [1.29, 1.82) is 0 Å². The molecule has 0 bridgehead atoms. The molecule has 4 saturated carbocycles. The predicted octanol–water partition coefficient (Wildman–Crippen LogP) is 15.3. The van der Waals surface area contributed by atoms with E-state index in [2.05, 4.69) is 139 Å². The fourth-order valence-corrected chi connectivity index (χ4v) is 15.2. The molecular weight excluding hydrogens is 813 g/mol. The highest BCUT2D eigenvalue weighted by Gasteiger charge is 2.60. The second-order valence-electron chi connectivity index (χ2n) is 23.5. The minimum atomic E-state index is -0.717. The van der Waals surface area contributed by atoms with Crippen LogP contribution in [0.5, 0.6) is 0 Å². The van der Waals surface area contributed by atoms with E-state index in [4.69, 9.17) is 20.8 Å². The molecule has 3 aromatic rings. The van der Waals surface area contributed by atoms with E-state index < -0.39 is 11.0 Å². The third-order valence-corrected chi connectivity index (χ3v) is 18.6. The third kappa shape index (κ3) is 9.95. The van der Waals surface area contributed by atoms with E-state index in [0.717, 1.165) is 25.7 Å². The number of carbonyl (C=O) groups excluding carboxylic acids is 2. The molecular formula is C61H84O5. The van der Waals surface area contributed by atoms with Gasteiger partial charge in [-0.05, 0) is 145 Å². The lowest BCUT2D eigenvalue weighted by molar-refractivity contribution is -0.179. The lowest BCUT2D eigenvalue weighted by Gasteiger charge is -2.60. The summed E-state index contributed by atoms with van der Waals surface area (Å²) in [6.45, 7) is 28.0. The van der Waals surface area contributed by atoms with Crippen molar-refractivity contribution in [3.8, 4) is 0 Å². The maximum Gasteiger partial charge on any atom is 0.306 e. The summed E-state index contributed by atoms with van der Waals surface area (Å²) in [5, 5.41) is 0. The number of hydrogen-bond acceptors (Lipinski definition) is 5. The Balaban J connectivity index is 1.13. The summed E-state index contributed by atoms with van der Waals surface area (Å²) in [4.78, 5) is 26.2. The molecule has 0 amide bonds. The standard InChI is InChI=1S/C61H84O5/c1-11-40-64-53(62)42-56(5,6)43-54(63)66-52-33-35-59(10)45(12-2)30-31-50-55-49(44(3)4)32-36-60(55,38-37-58(50,9)34-22-29-51(59)57(52,7)8)39-41-65-61(46-23-16-13-17-24-46,47-25-18-14-19-26-47)48-27-20-15-21-28-48/h11,13-21,23-28,45,49-52,55H,1,3,12,22,29-43H2,2,4-10H3/t45?,49-,50+,51?,52-,55?,58+,59+,60+/m0/s1. The van der Waals surface area contributed by atoms with Gasteiger partial charge in [0.1, 0.15) is 18.3 Å². The summed E-state index contributed by atoms with van der Waals surface area (Å²) < 4.78 is 19.3. The average Bonchev–Trinajstić information content (AvgIpc) is 3.68. The first-order valence-electron chi connectivity index (χ1n) is 25.9. The second-order valence-corrected chi connectivity index (χ2v) is 23.5. The van der Waals surface area contributed by atoms with Crippen LogP contribution in [0, 0.1) is 56.7 Å². The highest BCUT2D eigenvalue weighted by molar-refractivity contribution is 5.74. The summed E-state index contributed by atoms with van der Waals surface area (Å²) >= 11 is 0. The molecule has 5 heteroatoms. The van der Waals surface area contributed by atoms with Gasteiger partial charge in [-0.2, -0.15) is 0 Å². The van der Waals surface area contributed by atoms with Crippen LogP contribution in [0.4, 0.5) is 0 Å². The number of benzene rings is 3. The van der Waals surface area contributed by atoms with E-state index in [-0.39, 0.29) is 59.2 Å². The molecule has 0 spiro atoms. The average molecular weight is 897 g/mol. The van der Waals surface area contributed by atoms with Crippen molar-refractivity contribution < 1.29 is 23.8 Å². The van der Waals surface area contributed by atoms with E-state index in [9.17, 15) is 9.59 Å². The molecule has 0 heterocycles. The molecule has 0 radical (unpaired) electrons. The van der Waals surface area contributed by atoms with Gasteiger partial charge in [0.25, 0.3) is 0 Å². The Labute approximate surface area is 399 Å². The topological polar surface area (TPSA) is 61.8 Å². The number of esters is 2. The van der Waals surface area contributed by atoms with E-state index in [1.54, 1.807) is 6.08 Å². The van der Waals surface area contributed by atoms with Crippen LogP contribution in [0.2, 0.25) is 0 Å². The highest BCUT2D eigenvalue weighted by atomic mass is 16.5. The SMILES string of the molecule is C=CCOC(=O)CC(C)(C)CC(=O)O[C@H]1CC[C@]2(C)C(CC)CC[C@@H]3C4[C@H](C(=C)C)CC[C@]4(CCOC(c4ccccc4)(c4ccccc4)c4ccccc4)CC[C@@]3(C)CCCC2C1(C)C. The maximum absolute atomic E-state index is 13.7. The largest absolute Gasteiger partial charge is 0.462 e. The van der Waals surface area contributed by atoms with Gasteiger partial charge in [-0.15, -0.1) is 0 Å². The van der Waals surface area contributed by atoms with Crippen LogP contribution in [0.15, 0.2) is 116 Å². The lowest BCUT2D eigenvalue weighted by atomic mass is 9.46. The number of hydrogen-bond donors (Lipinski definition) is 0. The molecule has 3 unspecified atom stereocenters. The molecule has 4 aliphatic rings. The number of rotatable bonds is 16. The number of ether oxygens (including phenoxy) is 3.